The topological polar surface area (TPSA) is 74.8 Å². The lowest BCUT2D eigenvalue weighted by Crippen LogP contribution is -2.02. The van der Waals surface area contributed by atoms with Crippen LogP contribution in [0.25, 0.3) is 10.4 Å². The first-order chi connectivity index (χ1) is 7.86. The second-order valence-corrected chi connectivity index (χ2v) is 3.25. The molecule has 0 atom stereocenters. The molecular weight excluding hydrogens is 200 g/mol. The zero-order valence-electron chi connectivity index (χ0n) is 9.06. The second kappa shape index (κ2) is 7.36. The Hall–Kier alpha value is -1.95. The van der Waals surface area contributed by atoms with Crippen LogP contribution >= 0.6 is 0 Å². The summed E-state index contributed by atoms with van der Waals surface area (Å²) in [6.45, 7) is 1.07. The maximum Gasteiger partial charge on any atom is 0.0367 e. The van der Waals surface area contributed by atoms with E-state index in [1.54, 1.807) is 0 Å². The van der Waals surface area contributed by atoms with E-state index in [1.165, 1.54) is 5.56 Å². The van der Waals surface area contributed by atoms with Gasteiger partial charge in [-0.1, -0.05) is 29.1 Å². The molecule has 0 saturated heterocycles. The lowest BCUT2D eigenvalue weighted by Gasteiger charge is -1.98. The van der Waals surface area contributed by atoms with Crippen molar-refractivity contribution in [3.63, 3.8) is 0 Å². The molecule has 1 aromatic rings. The minimum Gasteiger partial charge on any atom is -0.330 e. The van der Waals surface area contributed by atoms with Crippen molar-refractivity contribution in [2.75, 3.05) is 13.1 Å². The fraction of sp³-hybridized carbons (Fsp3) is 0.333. The Morgan fingerprint density at radius 1 is 1.44 bits per heavy atom. The molecule has 0 aliphatic carbocycles. The first-order valence-corrected chi connectivity index (χ1v) is 5.15. The Labute approximate surface area is 95.1 Å². The molecule has 0 amide bonds. The fourth-order valence-corrected chi connectivity index (χ4v) is 1.29. The zero-order chi connectivity index (χ0) is 11.6. The van der Waals surface area contributed by atoms with Gasteiger partial charge in [-0.15, -0.1) is 0 Å². The third-order valence-corrected chi connectivity index (χ3v) is 1.99. The molecule has 0 heterocycles. The van der Waals surface area contributed by atoms with Crippen LogP contribution in [0.4, 0.5) is 0 Å². The van der Waals surface area contributed by atoms with Gasteiger partial charge < -0.3 is 5.73 Å². The van der Waals surface area contributed by atoms with Crippen LogP contribution in [0.15, 0.2) is 29.4 Å². The molecule has 16 heavy (non-hydrogen) atoms. The monoisotopic (exact) mass is 214 g/mol. The Morgan fingerprint density at radius 2 is 2.31 bits per heavy atom. The van der Waals surface area contributed by atoms with Crippen molar-refractivity contribution in [2.24, 2.45) is 10.8 Å². The highest BCUT2D eigenvalue weighted by Crippen LogP contribution is 2.04. The summed E-state index contributed by atoms with van der Waals surface area (Å²) < 4.78 is 0. The average molecular weight is 214 g/mol. The fourth-order valence-electron chi connectivity index (χ4n) is 1.29. The molecular formula is C12H14N4. The summed E-state index contributed by atoms with van der Waals surface area (Å²) in [5.74, 6) is 5.99. The Balaban J connectivity index is 2.58. The van der Waals surface area contributed by atoms with E-state index in [2.05, 4.69) is 21.9 Å². The van der Waals surface area contributed by atoms with E-state index < -0.39 is 0 Å². The van der Waals surface area contributed by atoms with E-state index in [4.69, 9.17) is 11.3 Å². The van der Waals surface area contributed by atoms with Crippen molar-refractivity contribution in [2.45, 2.75) is 12.8 Å². The number of azide groups is 1. The van der Waals surface area contributed by atoms with Gasteiger partial charge in [0.05, 0.1) is 0 Å². The van der Waals surface area contributed by atoms with Gasteiger partial charge in [-0.2, -0.15) is 0 Å². The molecule has 2 N–H and O–H groups in total. The summed E-state index contributed by atoms with van der Waals surface area (Å²) in [4.78, 5) is 2.66. The predicted molar refractivity (Wildman–Crippen MR) is 64.7 cm³/mol. The van der Waals surface area contributed by atoms with E-state index in [0.717, 1.165) is 12.0 Å². The van der Waals surface area contributed by atoms with E-state index in [-0.39, 0.29) is 0 Å². The molecule has 0 aliphatic rings. The maximum absolute atomic E-state index is 8.08. The van der Waals surface area contributed by atoms with Crippen LogP contribution in [0, 0.1) is 11.8 Å². The maximum atomic E-state index is 8.08. The Bertz CT molecular complexity index is 436. The molecule has 0 fully saturated rings. The largest absolute Gasteiger partial charge is 0.330 e. The second-order valence-electron chi connectivity index (χ2n) is 3.25. The number of nitrogens with two attached hydrogens (primary N) is 1. The van der Waals surface area contributed by atoms with E-state index >= 15 is 0 Å². The van der Waals surface area contributed by atoms with Crippen molar-refractivity contribution in [1.29, 1.82) is 0 Å². The minimum absolute atomic E-state index is 0.423. The van der Waals surface area contributed by atoms with Crippen molar-refractivity contribution in [3.05, 3.63) is 45.8 Å². The predicted octanol–water partition coefficient (Wildman–Crippen LogP) is 2.24. The van der Waals surface area contributed by atoms with Gasteiger partial charge in [0.2, 0.25) is 0 Å². The summed E-state index contributed by atoms with van der Waals surface area (Å²) in [7, 11) is 0. The lowest BCUT2D eigenvalue weighted by atomic mass is 10.1. The quantitative estimate of drug-likeness (QED) is 0.269. The van der Waals surface area contributed by atoms with Crippen molar-refractivity contribution in [1.82, 2.24) is 0 Å². The number of nitrogens with zero attached hydrogens (tertiary/aromatic N) is 3. The van der Waals surface area contributed by atoms with Gasteiger partial charge in [0.25, 0.3) is 0 Å². The van der Waals surface area contributed by atoms with Crippen LogP contribution in [-0.4, -0.2) is 13.1 Å². The molecule has 0 saturated carbocycles. The molecule has 1 aromatic carbocycles. The first kappa shape index (κ1) is 12.1. The highest BCUT2D eigenvalue weighted by atomic mass is 15.1. The standard InChI is InChI=1S/C12H14N4/c13-8-7-12-6-3-5-11(10-12)4-1-2-9-15-16-14/h3,5-6,10H,2,7-9,13H2. The molecule has 0 aliphatic heterocycles. The van der Waals surface area contributed by atoms with E-state index in [9.17, 15) is 0 Å². The van der Waals surface area contributed by atoms with E-state index in [0.29, 0.717) is 19.5 Å². The van der Waals surface area contributed by atoms with Gasteiger partial charge in [-0.25, -0.2) is 0 Å². The molecule has 0 radical (unpaired) electrons. The number of rotatable bonds is 4. The number of benzene rings is 1. The summed E-state index contributed by atoms with van der Waals surface area (Å²) in [5, 5.41) is 3.41. The summed E-state index contributed by atoms with van der Waals surface area (Å²) in [6, 6.07) is 8.01. The SMILES string of the molecule is [N-]=[N+]=NCCC#Cc1cccc(CCN)c1. The van der Waals surface area contributed by atoms with Gasteiger partial charge >= 0.3 is 0 Å². The van der Waals surface area contributed by atoms with Crippen LogP contribution in [-0.2, 0) is 6.42 Å². The van der Waals surface area contributed by atoms with Gasteiger partial charge in [0, 0.05) is 23.4 Å². The Morgan fingerprint density at radius 3 is 3.06 bits per heavy atom. The van der Waals surface area contributed by atoms with Gasteiger partial charge in [0.15, 0.2) is 0 Å². The highest BCUT2D eigenvalue weighted by Gasteiger charge is 1.91. The van der Waals surface area contributed by atoms with Crippen LogP contribution in [0.3, 0.4) is 0 Å². The number of hydrogen-bond donors (Lipinski definition) is 1. The zero-order valence-corrected chi connectivity index (χ0v) is 9.06. The molecule has 0 bridgehead atoms. The normalized spacial score (nSPS) is 8.81. The number of hydrogen-bond acceptors (Lipinski definition) is 2. The smallest absolute Gasteiger partial charge is 0.0367 e. The van der Waals surface area contributed by atoms with Crippen LogP contribution in [0.5, 0.6) is 0 Å². The van der Waals surface area contributed by atoms with Gasteiger partial charge in [-0.05, 0) is 36.2 Å². The Kier molecular flexibility index (Phi) is 5.57. The van der Waals surface area contributed by atoms with Crippen LogP contribution in [0.2, 0.25) is 0 Å². The van der Waals surface area contributed by atoms with Crippen LogP contribution < -0.4 is 5.73 Å². The first-order valence-electron chi connectivity index (χ1n) is 5.15. The molecule has 82 valence electrons. The third-order valence-electron chi connectivity index (χ3n) is 1.99. The molecule has 1 rings (SSSR count). The van der Waals surface area contributed by atoms with Crippen molar-refractivity contribution >= 4 is 0 Å². The third kappa shape index (κ3) is 4.52. The van der Waals surface area contributed by atoms with Crippen LogP contribution in [0.1, 0.15) is 17.5 Å². The summed E-state index contributed by atoms with van der Waals surface area (Å²) in [5.41, 5.74) is 15.7. The van der Waals surface area contributed by atoms with Crippen molar-refractivity contribution < 1.29 is 0 Å². The van der Waals surface area contributed by atoms with Crippen molar-refractivity contribution in [3.8, 4) is 11.8 Å². The molecule has 0 unspecified atom stereocenters. The lowest BCUT2D eigenvalue weighted by molar-refractivity contribution is 0.968. The van der Waals surface area contributed by atoms with Gasteiger partial charge in [-0.3, -0.25) is 0 Å². The molecule has 4 heteroatoms. The molecule has 0 spiro atoms. The van der Waals surface area contributed by atoms with E-state index in [1.807, 2.05) is 24.3 Å². The summed E-state index contributed by atoms with van der Waals surface area (Å²) >= 11 is 0. The highest BCUT2D eigenvalue weighted by molar-refractivity contribution is 5.37. The van der Waals surface area contributed by atoms with Gasteiger partial charge in [0.1, 0.15) is 0 Å². The summed E-state index contributed by atoms with van der Waals surface area (Å²) in [6.07, 6.45) is 1.46. The minimum atomic E-state index is 0.423. The average Bonchev–Trinajstić information content (AvgIpc) is 2.30. The molecule has 4 nitrogen and oxygen atoms in total. The molecule has 0 aromatic heterocycles.